The number of rotatable bonds is 2. The topological polar surface area (TPSA) is 88.5 Å². The number of hydrogen-bond acceptors (Lipinski definition) is 5. The molecule has 0 amide bonds. The molecular formula is C9H6BrN3O3. The summed E-state index contributed by atoms with van der Waals surface area (Å²) in [7, 11) is 1.29. The SMILES string of the molecule is COC(=NC#N)c1cc(Br)ccc1[N+](=O)[O-]. The van der Waals surface area contributed by atoms with Crippen molar-refractivity contribution >= 4 is 27.5 Å². The van der Waals surface area contributed by atoms with Crippen LogP contribution in [0.3, 0.4) is 0 Å². The Hall–Kier alpha value is -1.94. The largest absolute Gasteiger partial charge is 0.480 e. The maximum Gasteiger partial charge on any atom is 0.282 e. The number of nitrogens with zero attached hydrogens (tertiary/aromatic N) is 3. The molecule has 0 aliphatic heterocycles. The Kier molecular flexibility index (Phi) is 3.96. The van der Waals surface area contributed by atoms with E-state index in [2.05, 4.69) is 20.9 Å². The van der Waals surface area contributed by atoms with Crippen molar-refractivity contribution in [1.82, 2.24) is 0 Å². The third-order valence-electron chi connectivity index (χ3n) is 1.73. The van der Waals surface area contributed by atoms with Crippen LogP contribution >= 0.6 is 15.9 Å². The highest BCUT2D eigenvalue weighted by Crippen LogP contribution is 2.23. The molecule has 0 aromatic heterocycles. The van der Waals surface area contributed by atoms with Crippen LogP contribution in [0.4, 0.5) is 5.69 Å². The van der Waals surface area contributed by atoms with E-state index in [1.807, 2.05) is 0 Å². The van der Waals surface area contributed by atoms with Gasteiger partial charge in [-0.2, -0.15) is 5.26 Å². The lowest BCUT2D eigenvalue weighted by Gasteiger charge is -2.04. The summed E-state index contributed by atoms with van der Waals surface area (Å²) in [5.74, 6) is -0.0875. The van der Waals surface area contributed by atoms with Gasteiger partial charge in [0, 0.05) is 10.5 Å². The number of nitro groups is 1. The molecule has 0 unspecified atom stereocenters. The van der Waals surface area contributed by atoms with E-state index in [9.17, 15) is 10.1 Å². The Morgan fingerprint density at radius 3 is 2.88 bits per heavy atom. The van der Waals surface area contributed by atoms with Crippen molar-refractivity contribution in [2.45, 2.75) is 0 Å². The number of benzene rings is 1. The van der Waals surface area contributed by atoms with Gasteiger partial charge in [0.05, 0.1) is 12.0 Å². The van der Waals surface area contributed by atoms with Gasteiger partial charge < -0.3 is 4.74 Å². The molecule has 0 fully saturated rings. The van der Waals surface area contributed by atoms with E-state index >= 15 is 0 Å². The van der Waals surface area contributed by atoms with Gasteiger partial charge in [0.25, 0.3) is 5.69 Å². The van der Waals surface area contributed by atoms with E-state index in [1.54, 1.807) is 0 Å². The zero-order valence-electron chi connectivity index (χ0n) is 8.18. The number of nitriles is 1. The molecule has 7 heteroatoms. The summed E-state index contributed by atoms with van der Waals surface area (Å²) in [6.45, 7) is 0. The highest BCUT2D eigenvalue weighted by atomic mass is 79.9. The molecule has 0 spiro atoms. The third kappa shape index (κ3) is 2.55. The number of nitro benzene ring substituents is 1. The first kappa shape index (κ1) is 12.1. The van der Waals surface area contributed by atoms with Crippen LogP contribution in [0.25, 0.3) is 0 Å². The average Bonchev–Trinajstić information content (AvgIpc) is 2.25. The molecule has 0 saturated heterocycles. The minimum Gasteiger partial charge on any atom is -0.480 e. The summed E-state index contributed by atoms with van der Waals surface area (Å²) >= 11 is 3.18. The molecule has 1 rings (SSSR count). The average molecular weight is 284 g/mol. The lowest BCUT2D eigenvalue weighted by molar-refractivity contribution is -0.385. The van der Waals surface area contributed by atoms with Gasteiger partial charge in [-0.3, -0.25) is 10.1 Å². The third-order valence-corrected chi connectivity index (χ3v) is 2.22. The number of aliphatic imine (C=N–C) groups is 1. The maximum absolute atomic E-state index is 10.8. The summed E-state index contributed by atoms with van der Waals surface area (Å²) in [5, 5.41) is 19.2. The lowest BCUT2D eigenvalue weighted by Crippen LogP contribution is -2.07. The van der Waals surface area contributed by atoms with Crippen LogP contribution in [0.5, 0.6) is 0 Å². The first-order valence-electron chi connectivity index (χ1n) is 4.05. The summed E-state index contributed by atoms with van der Waals surface area (Å²) in [6, 6.07) is 4.31. The number of methoxy groups -OCH3 is 1. The minimum atomic E-state index is -0.562. The van der Waals surface area contributed by atoms with E-state index in [-0.39, 0.29) is 17.1 Å². The molecule has 6 nitrogen and oxygen atoms in total. The van der Waals surface area contributed by atoms with E-state index in [0.29, 0.717) is 4.47 Å². The van der Waals surface area contributed by atoms with Gasteiger partial charge in [0.15, 0.2) is 0 Å². The highest BCUT2D eigenvalue weighted by Gasteiger charge is 2.19. The van der Waals surface area contributed by atoms with E-state index < -0.39 is 4.92 Å². The van der Waals surface area contributed by atoms with Crippen molar-refractivity contribution in [1.29, 1.82) is 5.26 Å². The molecule has 82 valence electrons. The monoisotopic (exact) mass is 283 g/mol. The molecule has 0 radical (unpaired) electrons. The van der Waals surface area contributed by atoms with E-state index in [1.165, 1.54) is 31.5 Å². The second-order valence-electron chi connectivity index (χ2n) is 2.64. The van der Waals surface area contributed by atoms with Gasteiger partial charge in [0.1, 0.15) is 5.56 Å². The molecule has 1 aromatic rings. The smallest absolute Gasteiger partial charge is 0.282 e. The fourth-order valence-corrected chi connectivity index (χ4v) is 1.46. The van der Waals surface area contributed by atoms with E-state index in [4.69, 9.17) is 10.00 Å². The van der Waals surface area contributed by atoms with Gasteiger partial charge in [-0.1, -0.05) is 15.9 Å². The molecular weight excluding hydrogens is 278 g/mol. The zero-order chi connectivity index (χ0) is 12.1. The van der Waals surface area contributed by atoms with Gasteiger partial charge >= 0.3 is 0 Å². The van der Waals surface area contributed by atoms with Crippen LogP contribution < -0.4 is 0 Å². The van der Waals surface area contributed by atoms with Crippen molar-refractivity contribution in [2.75, 3.05) is 7.11 Å². The molecule has 0 heterocycles. The number of halogens is 1. The second kappa shape index (κ2) is 5.23. The fourth-order valence-electron chi connectivity index (χ4n) is 1.10. The Balaban J connectivity index is 3.41. The molecule has 0 saturated carbocycles. The minimum absolute atomic E-state index is 0.0875. The molecule has 0 aliphatic carbocycles. The standard InChI is InChI=1S/C9H6BrN3O3/c1-16-9(12-5-11)7-4-6(10)2-3-8(7)13(14)15/h2-4H,1H3. The van der Waals surface area contributed by atoms with Crippen molar-refractivity contribution in [3.8, 4) is 6.19 Å². The Morgan fingerprint density at radius 1 is 1.69 bits per heavy atom. The summed E-state index contributed by atoms with van der Waals surface area (Å²) < 4.78 is 5.46. The maximum atomic E-state index is 10.8. The van der Waals surface area contributed by atoms with E-state index in [0.717, 1.165) is 0 Å². The predicted octanol–water partition coefficient (Wildman–Crippen LogP) is 2.23. The van der Waals surface area contributed by atoms with Crippen LogP contribution in [0, 0.1) is 21.6 Å². The van der Waals surface area contributed by atoms with Crippen LogP contribution in [-0.4, -0.2) is 17.9 Å². The van der Waals surface area contributed by atoms with Gasteiger partial charge in [-0.25, -0.2) is 0 Å². The molecule has 0 bridgehead atoms. The molecule has 0 N–H and O–H groups in total. The van der Waals surface area contributed by atoms with Crippen LogP contribution in [0.1, 0.15) is 5.56 Å². The van der Waals surface area contributed by atoms with Crippen LogP contribution in [0.2, 0.25) is 0 Å². The highest BCUT2D eigenvalue weighted by molar-refractivity contribution is 9.10. The summed E-state index contributed by atoms with van der Waals surface area (Å²) in [6.07, 6.45) is 1.53. The number of hydrogen-bond donors (Lipinski definition) is 0. The Morgan fingerprint density at radius 2 is 2.38 bits per heavy atom. The van der Waals surface area contributed by atoms with Crippen molar-refractivity contribution in [2.24, 2.45) is 4.99 Å². The van der Waals surface area contributed by atoms with Crippen molar-refractivity contribution in [3.63, 3.8) is 0 Å². The van der Waals surface area contributed by atoms with Crippen molar-refractivity contribution < 1.29 is 9.66 Å². The van der Waals surface area contributed by atoms with Gasteiger partial charge in [0.2, 0.25) is 12.1 Å². The number of ether oxygens (including phenoxy) is 1. The molecule has 0 atom stereocenters. The van der Waals surface area contributed by atoms with Crippen LogP contribution in [0.15, 0.2) is 27.7 Å². The Labute approximate surface area is 99.4 Å². The Bertz CT molecular complexity index is 493. The predicted molar refractivity (Wildman–Crippen MR) is 60.0 cm³/mol. The normalized spacial score (nSPS) is 10.7. The lowest BCUT2D eigenvalue weighted by atomic mass is 10.2. The first-order valence-corrected chi connectivity index (χ1v) is 4.84. The molecule has 0 aliphatic rings. The molecule has 16 heavy (non-hydrogen) atoms. The molecule has 1 aromatic carbocycles. The van der Waals surface area contributed by atoms with Crippen molar-refractivity contribution in [3.05, 3.63) is 38.3 Å². The zero-order valence-corrected chi connectivity index (χ0v) is 9.76. The van der Waals surface area contributed by atoms with Gasteiger partial charge in [-0.05, 0) is 12.1 Å². The van der Waals surface area contributed by atoms with Crippen LogP contribution in [-0.2, 0) is 4.74 Å². The van der Waals surface area contributed by atoms with Gasteiger partial charge in [-0.15, -0.1) is 4.99 Å². The second-order valence-corrected chi connectivity index (χ2v) is 3.56. The summed E-state index contributed by atoms with van der Waals surface area (Å²) in [5.41, 5.74) is -0.0116. The fraction of sp³-hybridized carbons (Fsp3) is 0.111. The summed E-state index contributed by atoms with van der Waals surface area (Å²) in [4.78, 5) is 13.6. The quantitative estimate of drug-likeness (QED) is 0.274. The first-order chi connectivity index (χ1) is 7.60.